The maximum atomic E-state index is 13.6. The lowest BCUT2D eigenvalue weighted by atomic mass is 9.57. The third-order valence-corrected chi connectivity index (χ3v) is 8.18. The van der Waals surface area contributed by atoms with E-state index < -0.39 is 0 Å². The van der Waals surface area contributed by atoms with Crippen molar-refractivity contribution in [3.63, 3.8) is 0 Å². The number of pyridine rings is 1. The van der Waals surface area contributed by atoms with Crippen LogP contribution in [0, 0.1) is 35.4 Å². The number of carbonyl (C=O) groups is 2. The number of fused-ring (bicyclic) bond motifs is 2. The molecule has 3 aliphatic rings. The van der Waals surface area contributed by atoms with E-state index in [9.17, 15) is 14.0 Å². The summed E-state index contributed by atoms with van der Waals surface area (Å²) in [7, 11) is 0. The Balaban J connectivity index is 1.34. The molecule has 7 heteroatoms. The van der Waals surface area contributed by atoms with Gasteiger partial charge in [-0.1, -0.05) is 24.3 Å². The number of alkyl carbamates (subject to hydrolysis) is 1. The van der Waals surface area contributed by atoms with Crippen molar-refractivity contribution in [1.82, 2.24) is 10.3 Å². The zero-order valence-electron chi connectivity index (χ0n) is 20.7. The van der Waals surface area contributed by atoms with E-state index in [2.05, 4.69) is 16.4 Å². The SMILES string of the molecule is CCOC(=O)N[C@@H]1CC[C@@H]2[C@H](C1)C[C@H]1C(=O)O[C@@H](C)[C@@H]1[C@H]2C=Cc1ccc(-c2cccc(F)c2)cn1. The summed E-state index contributed by atoms with van der Waals surface area (Å²) < 4.78 is 24.3. The average molecular weight is 493 g/mol. The van der Waals surface area contributed by atoms with Crippen molar-refractivity contribution in [3.05, 3.63) is 60.2 Å². The number of esters is 1. The number of amides is 1. The summed E-state index contributed by atoms with van der Waals surface area (Å²) in [5, 5.41) is 3.00. The molecule has 7 atom stereocenters. The summed E-state index contributed by atoms with van der Waals surface area (Å²) in [4.78, 5) is 29.2. The Morgan fingerprint density at radius 3 is 2.83 bits per heavy atom. The van der Waals surface area contributed by atoms with Crippen LogP contribution in [-0.4, -0.2) is 35.8 Å². The van der Waals surface area contributed by atoms with Crippen LogP contribution in [0.15, 0.2) is 48.7 Å². The monoisotopic (exact) mass is 492 g/mol. The molecule has 1 aromatic carbocycles. The molecule has 2 heterocycles. The molecule has 2 aliphatic carbocycles. The van der Waals surface area contributed by atoms with Gasteiger partial charge in [-0.2, -0.15) is 0 Å². The van der Waals surface area contributed by atoms with Crippen molar-refractivity contribution in [2.45, 2.75) is 51.7 Å². The number of nitrogens with one attached hydrogen (secondary N) is 1. The van der Waals surface area contributed by atoms with Crippen LogP contribution in [0.1, 0.15) is 45.2 Å². The molecule has 2 aromatic rings. The molecule has 6 nitrogen and oxygen atoms in total. The van der Waals surface area contributed by atoms with Crippen LogP contribution in [0.25, 0.3) is 17.2 Å². The number of ether oxygens (including phenoxy) is 2. The van der Waals surface area contributed by atoms with Gasteiger partial charge in [0, 0.05) is 23.7 Å². The van der Waals surface area contributed by atoms with Crippen LogP contribution < -0.4 is 5.32 Å². The highest BCUT2D eigenvalue weighted by Crippen LogP contribution is 2.53. The average Bonchev–Trinajstić information content (AvgIpc) is 3.15. The molecular weight excluding hydrogens is 459 g/mol. The molecule has 1 amide bonds. The number of hydrogen-bond donors (Lipinski definition) is 1. The van der Waals surface area contributed by atoms with E-state index in [-0.39, 0.29) is 47.8 Å². The van der Waals surface area contributed by atoms with Gasteiger partial charge in [0.05, 0.1) is 18.2 Å². The summed E-state index contributed by atoms with van der Waals surface area (Å²) in [6.45, 7) is 4.15. The second-order valence-electron chi connectivity index (χ2n) is 10.3. The summed E-state index contributed by atoms with van der Waals surface area (Å²) in [6.07, 6.45) is 9.07. The minimum Gasteiger partial charge on any atom is -0.462 e. The van der Waals surface area contributed by atoms with Crippen molar-refractivity contribution < 1.29 is 23.5 Å². The number of carbonyl (C=O) groups excluding carboxylic acids is 2. The largest absolute Gasteiger partial charge is 0.462 e. The Morgan fingerprint density at radius 1 is 1.22 bits per heavy atom. The maximum Gasteiger partial charge on any atom is 0.407 e. The first-order chi connectivity index (χ1) is 17.4. The van der Waals surface area contributed by atoms with Crippen molar-refractivity contribution in [2.75, 3.05) is 6.61 Å². The molecule has 3 fully saturated rings. The Bertz CT molecular complexity index is 1130. The second-order valence-corrected chi connectivity index (χ2v) is 10.3. The molecule has 1 saturated heterocycles. The fourth-order valence-corrected chi connectivity index (χ4v) is 6.64. The molecule has 5 rings (SSSR count). The highest BCUT2D eigenvalue weighted by Gasteiger charge is 2.54. The Labute approximate surface area is 211 Å². The maximum absolute atomic E-state index is 13.6. The first-order valence-corrected chi connectivity index (χ1v) is 13.0. The number of nitrogens with zero attached hydrogens (tertiary/aromatic N) is 1. The van der Waals surface area contributed by atoms with Gasteiger partial charge in [0.15, 0.2) is 0 Å². The van der Waals surface area contributed by atoms with Crippen molar-refractivity contribution in [1.29, 1.82) is 0 Å². The van der Waals surface area contributed by atoms with Gasteiger partial charge in [-0.3, -0.25) is 9.78 Å². The van der Waals surface area contributed by atoms with Crippen LogP contribution in [0.3, 0.4) is 0 Å². The number of benzene rings is 1. The zero-order valence-corrected chi connectivity index (χ0v) is 20.7. The lowest BCUT2D eigenvalue weighted by Gasteiger charge is -2.47. The summed E-state index contributed by atoms with van der Waals surface area (Å²) in [5.41, 5.74) is 2.48. The van der Waals surface area contributed by atoms with E-state index in [0.717, 1.165) is 42.5 Å². The minimum atomic E-state index is -0.368. The lowest BCUT2D eigenvalue weighted by molar-refractivity contribution is -0.144. The number of halogens is 1. The van der Waals surface area contributed by atoms with Gasteiger partial charge in [0.2, 0.25) is 0 Å². The number of cyclic esters (lactones) is 1. The van der Waals surface area contributed by atoms with Gasteiger partial charge in [-0.25, -0.2) is 9.18 Å². The molecule has 2 saturated carbocycles. The minimum absolute atomic E-state index is 0.0679. The molecule has 1 aliphatic heterocycles. The Hall–Kier alpha value is -3.22. The summed E-state index contributed by atoms with van der Waals surface area (Å²) >= 11 is 0. The standard InChI is InChI=1S/C29H33FN2O4/c1-3-35-29(34)32-23-10-11-24-20(14-23)15-26-27(17(2)36-28(26)33)25(24)12-9-22-8-7-19(16-31-22)18-5-4-6-21(30)13-18/h4-9,12-13,16-17,20,23-27H,3,10-11,14-15H2,1-2H3,(H,32,34)/t17-,20+,23+,24+,25-,26+,27+/m0/s1. The van der Waals surface area contributed by atoms with Crippen molar-refractivity contribution in [2.24, 2.45) is 29.6 Å². The second kappa shape index (κ2) is 10.4. The molecule has 190 valence electrons. The molecule has 0 unspecified atom stereocenters. The topological polar surface area (TPSA) is 77.5 Å². The van der Waals surface area contributed by atoms with E-state index in [1.807, 2.05) is 31.2 Å². The van der Waals surface area contributed by atoms with Crippen molar-refractivity contribution in [3.8, 4) is 11.1 Å². The highest BCUT2D eigenvalue weighted by molar-refractivity contribution is 5.75. The predicted octanol–water partition coefficient (Wildman–Crippen LogP) is 5.63. The first kappa shape index (κ1) is 24.5. The van der Waals surface area contributed by atoms with E-state index in [0.29, 0.717) is 18.4 Å². The van der Waals surface area contributed by atoms with E-state index in [4.69, 9.17) is 9.47 Å². The highest BCUT2D eigenvalue weighted by atomic mass is 19.1. The predicted molar refractivity (Wildman–Crippen MR) is 134 cm³/mol. The Morgan fingerprint density at radius 2 is 2.08 bits per heavy atom. The van der Waals surface area contributed by atoms with Crippen molar-refractivity contribution >= 4 is 18.1 Å². The number of allylic oxidation sites excluding steroid dienone is 1. The van der Waals surface area contributed by atoms with Crippen LogP contribution >= 0.6 is 0 Å². The quantitative estimate of drug-likeness (QED) is 0.548. The molecule has 0 radical (unpaired) electrons. The van der Waals surface area contributed by atoms with Crippen LogP contribution in [0.2, 0.25) is 0 Å². The fourth-order valence-electron chi connectivity index (χ4n) is 6.64. The fraction of sp³-hybridized carbons (Fsp3) is 0.483. The van der Waals surface area contributed by atoms with E-state index in [1.54, 1.807) is 19.2 Å². The van der Waals surface area contributed by atoms with Crippen LogP contribution in [0.4, 0.5) is 9.18 Å². The third kappa shape index (κ3) is 5.01. The normalized spacial score (nSPS) is 31.4. The number of rotatable bonds is 5. The molecule has 1 N–H and O–H groups in total. The van der Waals surface area contributed by atoms with Crippen LogP contribution in [-0.2, 0) is 14.3 Å². The summed E-state index contributed by atoms with van der Waals surface area (Å²) in [5.74, 6) is 0.629. The van der Waals surface area contributed by atoms with E-state index >= 15 is 0 Å². The zero-order chi connectivity index (χ0) is 25.2. The Kier molecular flexibility index (Phi) is 7.08. The number of hydrogen-bond acceptors (Lipinski definition) is 5. The lowest BCUT2D eigenvalue weighted by Crippen LogP contribution is -2.48. The third-order valence-electron chi connectivity index (χ3n) is 8.18. The molecule has 1 aromatic heterocycles. The van der Waals surface area contributed by atoms with Gasteiger partial charge >= 0.3 is 12.1 Å². The van der Waals surface area contributed by atoms with Gasteiger partial charge in [-0.15, -0.1) is 0 Å². The number of aromatic nitrogens is 1. The van der Waals surface area contributed by atoms with Crippen LogP contribution in [0.5, 0.6) is 0 Å². The summed E-state index contributed by atoms with van der Waals surface area (Å²) in [6, 6.07) is 10.4. The molecular formula is C29H33FN2O4. The van der Waals surface area contributed by atoms with Gasteiger partial charge in [-0.05, 0) is 87.1 Å². The molecule has 0 spiro atoms. The van der Waals surface area contributed by atoms with Gasteiger partial charge in [0.25, 0.3) is 0 Å². The smallest absolute Gasteiger partial charge is 0.407 e. The first-order valence-electron chi connectivity index (χ1n) is 13.0. The van der Waals surface area contributed by atoms with Gasteiger partial charge < -0.3 is 14.8 Å². The van der Waals surface area contributed by atoms with Gasteiger partial charge in [0.1, 0.15) is 11.9 Å². The van der Waals surface area contributed by atoms with E-state index in [1.165, 1.54) is 12.1 Å². The molecule has 36 heavy (non-hydrogen) atoms. The molecule has 0 bridgehead atoms.